The molecule has 49 heavy (non-hydrogen) atoms. The molecule has 0 heterocycles. The molecular weight excluding hydrogens is 631 g/mol. The summed E-state index contributed by atoms with van der Waals surface area (Å²) in [5, 5.41) is 13.2. The minimum absolute atomic E-state index is 0.288. The largest absolute Gasteiger partial charge is 0.387 e. The molecule has 0 aliphatic heterocycles. The number of aliphatic hydroxyl groups is 1. The van der Waals surface area contributed by atoms with Crippen molar-refractivity contribution >= 4 is 16.0 Å². The number of carbonyl (C=O) groups excluding carboxylic acids is 1. The standard InChI is InChI=1S/C42H79NO5S/c1-3-5-7-9-11-13-15-17-18-19-20-21-22-23-24-25-26-28-30-32-34-36-38-42(45)43-40(39-49(46,47)48)41(44)37-35-33-31-29-27-16-14-12-10-8-6-4-2/h10,12,27,29,35,37,40-41,44H,3-9,11,13-26,28,30-34,36,38-39H2,1-2H3,(H,43,45)(H,46,47,48)/b12-10+,29-27+,37-35+. The van der Waals surface area contributed by atoms with Crippen molar-refractivity contribution in [1.29, 1.82) is 0 Å². The van der Waals surface area contributed by atoms with Crippen LogP contribution in [0.15, 0.2) is 36.5 Å². The van der Waals surface area contributed by atoms with Gasteiger partial charge in [0, 0.05) is 6.42 Å². The van der Waals surface area contributed by atoms with Crippen LogP contribution >= 0.6 is 0 Å². The summed E-state index contributed by atoms with van der Waals surface area (Å²) in [7, 11) is -4.35. The van der Waals surface area contributed by atoms with E-state index in [1.807, 2.05) is 0 Å². The average molecular weight is 710 g/mol. The molecular formula is C42H79NO5S. The highest BCUT2D eigenvalue weighted by Crippen LogP contribution is 2.16. The number of amides is 1. The minimum atomic E-state index is -4.35. The Morgan fingerprint density at radius 2 is 0.878 bits per heavy atom. The number of nitrogens with one attached hydrogen (secondary N) is 1. The zero-order valence-corrected chi connectivity index (χ0v) is 32.9. The second-order valence-electron chi connectivity index (χ2n) is 14.3. The highest BCUT2D eigenvalue weighted by atomic mass is 32.2. The Morgan fingerprint density at radius 3 is 1.27 bits per heavy atom. The van der Waals surface area contributed by atoms with Gasteiger partial charge in [-0.3, -0.25) is 9.35 Å². The van der Waals surface area contributed by atoms with Crippen LogP contribution in [0.5, 0.6) is 0 Å². The smallest absolute Gasteiger partial charge is 0.267 e. The van der Waals surface area contributed by atoms with Crippen LogP contribution in [0.25, 0.3) is 0 Å². The van der Waals surface area contributed by atoms with E-state index in [4.69, 9.17) is 0 Å². The Morgan fingerprint density at radius 1 is 0.531 bits per heavy atom. The monoisotopic (exact) mass is 710 g/mol. The molecule has 0 radical (unpaired) electrons. The second kappa shape index (κ2) is 36.4. The molecule has 0 saturated heterocycles. The van der Waals surface area contributed by atoms with Crippen molar-refractivity contribution in [1.82, 2.24) is 5.32 Å². The molecule has 1 amide bonds. The summed E-state index contributed by atoms with van der Waals surface area (Å²) in [6, 6.07) is -1.08. The minimum Gasteiger partial charge on any atom is -0.387 e. The van der Waals surface area contributed by atoms with Gasteiger partial charge >= 0.3 is 0 Å². The van der Waals surface area contributed by atoms with E-state index in [1.54, 1.807) is 6.08 Å². The molecule has 2 unspecified atom stereocenters. The van der Waals surface area contributed by atoms with Gasteiger partial charge in [0.1, 0.15) is 0 Å². The SMILES string of the molecule is CCCC/C=C/CC/C=C/CC/C=C/C(O)C(CS(=O)(=O)O)NC(=O)CCCCCCCCCCCCCCCCCCCCCCCC. The molecule has 0 aliphatic rings. The molecule has 2 atom stereocenters. The van der Waals surface area contributed by atoms with E-state index in [2.05, 4.69) is 43.5 Å². The topological polar surface area (TPSA) is 104 Å². The van der Waals surface area contributed by atoms with Crippen LogP contribution in [0.4, 0.5) is 0 Å². The molecule has 3 N–H and O–H groups in total. The first-order chi connectivity index (χ1) is 23.8. The summed E-state index contributed by atoms with van der Waals surface area (Å²) in [5.74, 6) is -1.00. The third kappa shape index (κ3) is 37.6. The second-order valence-corrected chi connectivity index (χ2v) is 15.8. The number of aliphatic hydroxyl groups excluding tert-OH is 1. The zero-order chi connectivity index (χ0) is 36.1. The van der Waals surface area contributed by atoms with Gasteiger partial charge in [-0.25, -0.2) is 0 Å². The normalized spacial score (nSPS) is 13.6. The number of unbranched alkanes of at least 4 members (excludes halogenated alkanes) is 25. The summed E-state index contributed by atoms with van der Waals surface area (Å²) in [6.07, 6.45) is 47.2. The summed E-state index contributed by atoms with van der Waals surface area (Å²) in [6.45, 7) is 4.47. The lowest BCUT2D eigenvalue weighted by molar-refractivity contribution is -0.122. The van der Waals surface area contributed by atoms with Crippen molar-refractivity contribution in [3.63, 3.8) is 0 Å². The lowest BCUT2D eigenvalue weighted by Gasteiger charge is -2.21. The van der Waals surface area contributed by atoms with Crippen molar-refractivity contribution in [3.8, 4) is 0 Å². The molecule has 6 nitrogen and oxygen atoms in total. The third-order valence-corrected chi connectivity index (χ3v) is 10.1. The Hall–Kier alpha value is -1.44. The van der Waals surface area contributed by atoms with E-state index in [-0.39, 0.29) is 12.3 Å². The van der Waals surface area contributed by atoms with Crippen molar-refractivity contribution < 1.29 is 22.9 Å². The first kappa shape index (κ1) is 47.6. The predicted molar refractivity (Wildman–Crippen MR) is 212 cm³/mol. The van der Waals surface area contributed by atoms with E-state index >= 15 is 0 Å². The van der Waals surface area contributed by atoms with E-state index < -0.39 is 28.0 Å². The fourth-order valence-corrected chi connectivity index (χ4v) is 6.91. The molecule has 0 aromatic carbocycles. The summed E-state index contributed by atoms with van der Waals surface area (Å²) < 4.78 is 32.4. The van der Waals surface area contributed by atoms with Gasteiger partial charge < -0.3 is 10.4 Å². The fraction of sp³-hybridized carbons (Fsp3) is 0.833. The molecule has 0 spiro atoms. The van der Waals surface area contributed by atoms with Crippen molar-refractivity contribution in [3.05, 3.63) is 36.5 Å². The van der Waals surface area contributed by atoms with Crippen molar-refractivity contribution in [2.45, 2.75) is 219 Å². The quantitative estimate of drug-likeness (QED) is 0.0338. The van der Waals surface area contributed by atoms with Gasteiger partial charge in [-0.1, -0.05) is 198 Å². The molecule has 0 bridgehead atoms. The highest BCUT2D eigenvalue weighted by molar-refractivity contribution is 7.85. The summed E-state index contributed by atoms with van der Waals surface area (Å²) >= 11 is 0. The van der Waals surface area contributed by atoms with Gasteiger partial charge in [-0.2, -0.15) is 8.42 Å². The molecule has 7 heteroatoms. The number of hydrogen-bond donors (Lipinski definition) is 3. The van der Waals surface area contributed by atoms with Crippen LogP contribution in [-0.4, -0.2) is 41.9 Å². The van der Waals surface area contributed by atoms with Crippen molar-refractivity contribution in [2.75, 3.05) is 5.75 Å². The van der Waals surface area contributed by atoms with Crippen LogP contribution in [-0.2, 0) is 14.9 Å². The Labute approximate surface area is 304 Å². The van der Waals surface area contributed by atoms with Crippen LogP contribution in [0.3, 0.4) is 0 Å². The Balaban J connectivity index is 3.84. The number of carbonyl (C=O) groups is 1. The molecule has 0 aromatic heterocycles. The van der Waals surface area contributed by atoms with E-state index in [1.165, 1.54) is 141 Å². The molecule has 0 saturated carbocycles. The lowest BCUT2D eigenvalue weighted by Crippen LogP contribution is -2.46. The van der Waals surface area contributed by atoms with Crippen LogP contribution in [0.1, 0.15) is 206 Å². The van der Waals surface area contributed by atoms with Gasteiger partial charge in [-0.15, -0.1) is 0 Å². The van der Waals surface area contributed by atoms with E-state index in [9.17, 15) is 22.9 Å². The maximum Gasteiger partial charge on any atom is 0.267 e. The molecule has 0 aliphatic carbocycles. The molecule has 0 fully saturated rings. The maximum atomic E-state index is 12.5. The first-order valence-electron chi connectivity index (χ1n) is 20.7. The third-order valence-electron chi connectivity index (χ3n) is 9.30. The van der Waals surface area contributed by atoms with E-state index in [0.717, 1.165) is 44.9 Å². The fourth-order valence-electron chi connectivity index (χ4n) is 6.17. The molecule has 288 valence electrons. The van der Waals surface area contributed by atoms with Crippen LogP contribution < -0.4 is 5.32 Å². The molecule has 0 aromatic rings. The molecule has 0 rings (SSSR count). The Kier molecular flexibility index (Phi) is 35.3. The predicted octanol–water partition coefficient (Wildman–Crippen LogP) is 12.1. The average Bonchev–Trinajstić information content (AvgIpc) is 3.06. The number of rotatable bonds is 37. The summed E-state index contributed by atoms with van der Waals surface area (Å²) in [4.78, 5) is 12.5. The first-order valence-corrected chi connectivity index (χ1v) is 22.3. The maximum absolute atomic E-state index is 12.5. The zero-order valence-electron chi connectivity index (χ0n) is 32.1. The van der Waals surface area contributed by atoms with Gasteiger partial charge in [0.05, 0.1) is 17.9 Å². The van der Waals surface area contributed by atoms with Gasteiger partial charge in [-0.05, 0) is 38.5 Å². The lowest BCUT2D eigenvalue weighted by atomic mass is 10.0. The van der Waals surface area contributed by atoms with Gasteiger partial charge in [0.15, 0.2) is 0 Å². The van der Waals surface area contributed by atoms with Crippen LogP contribution in [0, 0.1) is 0 Å². The van der Waals surface area contributed by atoms with Gasteiger partial charge in [0.2, 0.25) is 5.91 Å². The van der Waals surface area contributed by atoms with E-state index in [0.29, 0.717) is 6.42 Å². The number of allylic oxidation sites excluding steroid dienone is 5. The highest BCUT2D eigenvalue weighted by Gasteiger charge is 2.24. The van der Waals surface area contributed by atoms with Crippen LogP contribution in [0.2, 0.25) is 0 Å². The Bertz CT molecular complexity index is 914. The van der Waals surface area contributed by atoms with Crippen molar-refractivity contribution in [2.24, 2.45) is 0 Å². The number of hydrogen-bond acceptors (Lipinski definition) is 4. The van der Waals surface area contributed by atoms with Gasteiger partial charge in [0.25, 0.3) is 10.1 Å². The summed E-state index contributed by atoms with van der Waals surface area (Å²) in [5.41, 5.74) is 0.